The Morgan fingerprint density at radius 1 is 1.21 bits per heavy atom. The van der Waals surface area contributed by atoms with Crippen LogP contribution in [-0.4, -0.2) is 40.4 Å². The molecule has 1 atom stereocenters. The van der Waals surface area contributed by atoms with Gasteiger partial charge >= 0.3 is 11.8 Å². The molecule has 1 saturated carbocycles. The Balaban J connectivity index is 2.06. The summed E-state index contributed by atoms with van der Waals surface area (Å²) in [5.41, 5.74) is -2.83. The first-order valence-corrected chi connectivity index (χ1v) is 10.2. The minimum absolute atomic E-state index is 0.0179. The molecule has 1 aliphatic carbocycles. The average molecular weight is 409 g/mol. The van der Waals surface area contributed by atoms with Gasteiger partial charge in [0.25, 0.3) is 5.91 Å². The van der Waals surface area contributed by atoms with Crippen LogP contribution in [0.4, 0.5) is 13.2 Å². The molecule has 1 heterocycles. The monoisotopic (exact) mass is 409 g/mol. The first-order valence-electron chi connectivity index (χ1n) is 10.2. The molecule has 0 saturated heterocycles. The molecular weight excluding hydrogens is 383 g/mol. The van der Waals surface area contributed by atoms with Crippen molar-refractivity contribution < 1.29 is 22.8 Å². The number of aliphatic imine (C=N–C) groups is 1. The van der Waals surface area contributed by atoms with Crippen LogP contribution in [0.2, 0.25) is 0 Å². The number of amidine groups is 1. The summed E-state index contributed by atoms with van der Waals surface area (Å²) in [6.07, 6.45) is -0.102. The number of hydrogen-bond donors (Lipinski definition) is 1. The summed E-state index contributed by atoms with van der Waals surface area (Å²) in [7, 11) is 0. The predicted octanol–water partition coefficient (Wildman–Crippen LogP) is 4.17. The van der Waals surface area contributed by atoms with Gasteiger partial charge in [0, 0.05) is 18.0 Å². The first-order chi connectivity index (χ1) is 13.8. The van der Waals surface area contributed by atoms with Crippen molar-refractivity contribution in [2.24, 2.45) is 4.99 Å². The molecule has 0 aromatic heterocycles. The highest BCUT2D eigenvalue weighted by Crippen LogP contribution is 2.40. The molecule has 0 spiro atoms. The smallest absolute Gasteiger partial charge is 0.316 e. The largest absolute Gasteiger partial charge is 0.442 e. The minimum atomic E-state index is -5.05. The molecule has 1 aliphatic heterocycles. The van der Waals surface area contributed by atoms with Crippen LogP contribution in [0, 0.1) is 0 Å². The van der Waals surface area contributed by atoms with Gasteiger partial charge in [-0.05, 0) is 19.3 Å². The molecule has 2 aliphatic rings. The van der Waals surface area contributed by atoms with Crippen LogP contribution in [0.15, 0.2) is 35.3 Å². The zero-order chi connectivity index (χ0) is 21.1. The molecule has 0 unspecified atom stereocenters. The van der Waals surface area contributed by atoms with E-state index in [1.807, 2.05) is 12.2 Å². The third-order valence-corrected chi connectivity index (χ3v) is 5.49. The second kappa shape index (κ2) is 8.55. The quantitative estimate of drug-likeness (QED) is 0.767. The minimum Gasteiger partial charge on any atom is -0.316 e. The molecule has 29 heavy (non-hydrogen) atoms. The Morgan fingerprint density at radius 3 is 2.45 bits per heavy atom. The summed E-state index contributed by atoms with van der Waals surface area (Å²) in [5, 5.41) is 1.94. The number of halogens is 3. The van der Waals surface area contributed by atoms with Gasteiger partial charge in [-0.1, -0.05) is 62.9 Å². The van der Waals surface area contributed by atoms with Crippen molar-refractivity contribution in [3.63, 3.8) is 0 Å². The Labute approximate surface area is 168 Å². The van der Waals surface area contributed by atoms with Crippen LogP contribution in [0.1, 0.15) is 63.9 Å². The normalized spacial score (nSPS) is 23.2. The molecule has 2 amide bonds. The fourth-order valence-corrected chi connectivity index (χ4v) is 3.94. The number of hydrogen-bond acceptors (Lipinski definition) is 3. The molecule has 1 aromatic carbocycles. The molecule has 3 rings (SSSR count). The van der Waals surface area contributed by atoms with Crippen LogP contribution in [-0.2, 0) is 9.59 Å². The summed E-state index contributed by atoms with van der Waals surface area (Å²) in [5.74, 6) is -2.05. The van der Waals surface area contributed by atoms with Gasteiger partial charge in [-0.2, -0.15) is 13.2 Å². The van der Waals surface area contributed by atoms with Crippen LogP contribution in [0.3, 0.4) is 0 Å². The number of benzene rings is 1. The van der Waals surface area contributed by atoms with E-state index in [-0.39, 0.29) is 18.3 Å². The van der Waals surface area contributed by atoms with Gasteiger partial charge in [0.2, 0.25) is 5.91 Å². The zero-order valence-electron chi connectivity index (χ0n) is 16.5. The summed E-state index contributed by atoms with van der Waals surface area (Å²) < 4.78 is 42.6. The molecule has 5 nitrogen and oxygen atoms in total. The number of amides is 2. The maximum Gasteiger partial charge on any atom is 0.442 e. The van der Waals surface area contributed by atoms with E-state index >= 15 is 0 Å². The van der Waals surface area contributed by atoms with Crippen LogP contribution >= 0.6 is 0 Å². The third kappa shape index (κ3) is 4.16. The van der Waals surface area contributed by atoms with Gasteiger partial charge < -0.3 is 5.32 Å². The summed E-state index contributed by atoms with van der Waals surface area (Å²) in [6.45, 7) is 1.84. The molecule has 158 valence electrons. The van der Waals surface area contributed by atoms with E-state index in [2.05, 4.69) is 4.99 Å². The Kier molecular flexibility index (Phi) is 6.29. The molecule has 1 N–H and O–H groups in total. The highest BCUT2D eigenvalue weighted by Gasteiger charge is 2.67. The van der Waals surface area contributed by atoms with Gasteiger partial charge in [0.1, 0.15) is 5.84 Å². The Hall–Kier alpha value is -2.38. The third-order valence-electron chi connectivity index (χ3n) is 5.49. The number of carbonyl (C=O) groups is 2. The van der Waals surface area contributed by atoms with Crippen molar-refractivity contribution in [2.75, 3.05) is 0 Å². The highest BCUT2D eigenvalue weighted by molar-refractivity contribution is 6.16. The van der Waals surface area contributed by atoms with Gasteiger partial charge in [-0.25, -0.2) is 4.99 Å². The van der Waals surface area contributed by atoms with Crippen molar-refractivity contribution in [3.05, 3.63) is 35.9 Å². The molecular formula is C21H26F3N3O2. The van der Waals surface area contributed by atoms with Gasteiger partial charge in [0.15, 0.2) is 0 Å². The van der Waals surface area contributed by atoms with E-state index in [1.165, 1.54) is 4.90 Å². The summed E-state index contributed by atoms with van der Waals surface area (Å²) >= 11 is 0. The second-order valence-corrected chi connectivity index (χ2v) is 7.63. The van der Waals surface area contributed by atoms with Crippen LogP contribution in [0.25, 0.3) is 0 Å². The zero-order valence-corrected chi connectivity index (χ0v) is 16.5. The van der Waals surface area contributed by atoms with Crippen molar-refractivity contribution in [2.45, 2.75) is 76.2 Å². The van der Waals surface area contributed by atoms with Crippen molar-refractivity contribution in [1.82, 2.24) is 10.2 Å². The van der Waals surface area contributed by atoms with E-state index < -0.39 is 23.7 Å². The number of carbonyl (C=O) groups excluding carboxylic acids is 2. The maximum atomic E-state index is 14.2. The predicted molar refractivity (Wildman–Crippen MR) is 103 cm³/mol. The average Bonchev–Trinajstić information content (AvgIpc) is 3.01. The van der Waals surface area contributed by atoms with Crippen molar-refractivity contribution >= 4 is 17.6 Å². The van der Waals surface area contributed by atoms with E-state index in [0.717, 1.165) is 19.3 Å². The molecule has 0 radical (unpaired) electrons. The van der Waals surface area contributed by atoms with Crippen molar-refractivity contribution in [3.8, 4) is 0 Å². The highest BCUT2D eigenvalue weighted by atomic mass is 19.4. The van der Waals surface area contributed by atoms with E-state index in [9.17, 15) is 22.8 Å². The maximum absolute atomic E-state index is 14.2. The number of rotatable bonds is 6. The second-order valence-electron chi connectivity index (χ2n) is 7.63. The SMILES string of the molecule is CCCCC(=O)N[C@@]1(C(F)(F)F)N=C(c2ccccc2)N(C2CCCCC2)C1=O. The number of nitrogens with zero attached hydrogens (tertiary/aromatic N) is 2. The van der Waals surface area contributed by atoms with Gasteiger partial charge in [0.05, 0.1) is 0 Å². The number of nitrogens with one attached hydrogen (secondary N) is 1. The first kappa shape index (κ1) is 21.3. The van der Waals surface area contributed by atoms with Gasteiger partial charge in [-0.3, -0.25) is 14.5 Å². The molecule has 0 bridgehead atoms. The van der Waals surface area contributed by atoms with Crippen LogP contribution in [0.5, 0.6) is 0 Å². The fourth-order valence-electron chi connectivity index (χ4n) is 3.94. The molecule has 1 fully saturated rings. The number of alkyl halides is 3. The lowest BCUT2D eigenvalue weighted by molar-refractivity contribution is -0.200. The fraction of sp³-hybridized carbons (Fsp3) is 0.571. The van der Waals surface area contributed by atoms with E-state index in [1.54, 1.807) is 30.3 Å². The lowest BCUT2D eigenvalue weighted by Gasteiger charge is -2.34. The van der Waals surface area contributed by atoms with Crippen LogP contribution < -0.4 is 5.32 Å². The molecule has 8 heteroatoms. The topological polar surface area (TPSA) is 61.8 Å². The standard InChI is InChI=1S/C21H26F3N3O2/c1-2-3-14-17(28)25-20(21(22,23)24)19(29)27(16-12-8-5-9-13-16)18(26-20)15-10-6-4-7-11-15/h4,6-7,10-11,16H,2-3,5,8-9,12-14H2,1H3,(H,25,28)/t20-/m1/s1. The van der Waals surface area contributed by atoms with Crippen molar-refractivity contribution in [1.29, 1.82) is 0 Å². The van der Waals surface area contributed by atoms with E-state index in [4.69, 9.17) is 0 Å². The Morgan fingerprint density at radius 2 is 1.86 bits per heavy atom. The lowest BCUT2D eigenvalue weighted by Crippen LogP contribution is -2.64. The summed E-state index contributed by atoms with van der Waals surface area (Å²) in [4.78, 5) is 30.5. The van der Waals surface area contributed by atoms with Gasteiger partial charge in [-0.15, -0.1) is 0 Å². The Bertz CT molecular complexity index is 773. The number of unbranched alkanes of at least 4 members (excludes halogenated alkanes) is 1. The lowest BCUT2D eigenvalue weighted by atomic mass is 9.93. The summed E-state index contributed by atoms with van der Waals surface area (Å²) in [6, 6.07) is 8.03. The van der Waals surface area contributed by atoms with E-state index in [0.29, 0.717) is 31.2 Å². The molecule has 1 aromatic rings.